The Hall–Kier alpha value is -3.65. The Morgan fingerprint density at radius 3 is 2.56 bits per heavy atom. The standard InChI is InChI=1S/C26H18BrF3N2O2/c27-22-11-12-24(34-16-19-8-3-6-17-5-1-2-10-23(17)19)20(14-22)15-31-32-25(33)18-7-4-9-21(13-18)26(28,29)30/h1-15H,16H2,(H,32,33)/b31-15-. The molecule has 0 aromatic heterocycles. The molecule has 0 bridgehead atoms. The Balaban J connectivity index is 1.48. The van der Waals surface area contributed by atoms with Crippen LogP contribution < -0.4 is 10.2 Å². The van der Waals surface area contributed by atoms with Crippen LogP contribution in [0.1, 0.15) is 27.0 Å². The molecule has 0 atom stereocenters. The van der Waals surface area contributed by atoms with Gasteiger partial charge >= 0.3 is 6.18 Å². The van der Waals surface area contributed by atoms with Crippen molar-refractivity contribution in [2.45, 2.75) is 12.8 Å². The molecule has 0 heterocycles. The molecule has 0 fully saturated rings. The van der Waals surface area contributed by atoms with E-state index in [1.54, 1.807) is 12.1 Å². The van der Waals surface area contributed by atoms with Gasteiger partial charge in [-0.25, -0.2) is 5.43 Å². The number of benzene rings is 4. The Morgan fingerprint density at radius 2 is 1.74 bits per heavy atom. The van der Waals surface area contributed by atoms with E-state index in [9.17, 15) is 18.0 Å². The van der Waals surface area contributed by atoms with E-state index in [0.717, 1.165) is 32.9 Å². The fraction of sp³-hybridized carbons (Fsp3) is 0.0769. The van der Waals surface area contributed by atoms with E-state index in [-0.39, 0.29) is 5.56 Å². The van der Waals surface area contributed by atoms with Crippen LogP contribution >= 0.6 is 15.9 Å². The number of rotatable bonds is 6. The third kappa shape index (κ3) is 5.63. The molecule has 34 heavy (non-hydrogen) atoms. The summed E-state index contributed by atoms with van der Waals surface area (Å²) in [6.45, 7) is 0.320. The molecule has 0 spiro atoms. The summed E-state index contributed by atoms with van der Waals surface area (Å²) in [4.78, 5) is 12.3. The molecule has 1 amide bonds. The fourth-order valence-corrected chi connectivity index (χ4v) is 3.77. The number of hydrogen-bond donors (Lipinski definition) is 1. The van der Waals surface area contributed by atoms with Crippen LogP contribution in [0.3, 0.4) is 0 Å². The van der Waals surface area contributed by atoms with E-state index < -0.39 is 17.6 Å². The van der Waals surface area contributed by atoms with Gasteiger partial charge in [-0.05, 0) is 52.7 Å². The van der Waals surface area contributed by atoms with Crippen molar-refractivity contribution < 1.29 is 22.7 Å². The van der Waals surface area contributed by atoms with E-state index in [1.165, 1.54) is 18.3 Å². The zero-order chi connectivity index (χ0) is 24.1. The van der Waals surface area contributed by atoms with Gasteiger partial charge in [0.2, 0.25) is 0 Å². The average molecular weight is 527 g/mol. The van der Waals surface area contributed by atoms with Gasteiger partial charge in [0.15, 0.2) is 0 Å². The second-order valence-corrected chi connectivity index (χ2v) is 8.30. The summed E-state index contributed by atoms with van der Waals surface area (Å²) >= 11 is 3.40. The average Bonchev–Trinajstić information content (AvgIpc) is 2.83. The van der Waals surface area contributed by atoms with Crippen molar-refractivity contribution in [2.24, 2.45) is 5.10 Å². The van der Waals surface area contributed by atoms with Crippen LogP contribution in [0.15, 0.2) is 94.5 Å². The summed E-state index contributed by atoms with van der Waals surface area (Å²) < 4.78 is 45.5. The number of carbonyl (C=O) groups excluding carboxylic acids is 1. The highest BCUT2D eigenvalue weighted by Gasteiger charge is 2.30. The molecule has 0 saturated heterocycles. The summed E-state index contributed by atoms with van der Waals surface area (Å²) in [6.07, 6.45) is -3.15. The molecule has 0 aliphatic rings. The van der Waals surface area contributed by atoms with Crippen LogP contribution in [0.4, 0.5) is 13.2 Å². The molecule has 0 saturated carbocycles. The molecule has 1 N–H and O–H groups in total. The lowest BCUT2D eigenvalue weighted by molar-refractivity contribution is -0.137. The van der Waals surface area contributed by atoms with Gasteiger partial charge in [0, 0.05) is 15.6 Å². The minimum atomic E-state index is -4.54. The summed E-state index contributed by atoms with van der Waals surface area (Å²) in [5.74, 6) is -0.219. The lowest BCUT2D eigenvalue weighted by atomic mass is 10.1. The molecule has 172 valence electrons. The van der Waals surface area contributed by atoms with Gasteiger partial charge in [-0.15, -0.1) is 0 Å². The molecule has 4 nitrogen and oxygen atoms in total. The highest BCUT2D eigenvalue weighted by atomic mass is 79.9. The molecule has 0 aliphatic carbocycles. The van der Waals surface area contributed by atoms with Crippen molar-refractivity contribution in [1.29, 1.82) is 0 Å². The number of hydrazone groups is 1. The Kier molecular flexibility index (Phi) is 6.98. The van der Waals surface area contributed by atoms with Gasteiger partial charge in [-0.3, -0.25) is 4.79 Å². The molecule has 4 aromatic carbocycles. The van der Waals surface area contributed by atoms with Gasteiger partial charge in [-0.1, -0.05) is 64.5 Å². The number of hydrogen-bond acceptors (Lipinski definition) is 3. The predicted molar refractivity (Wildman–Crippen MR) is 129 cm³/mol. The molecular weight excluding hydrogens is 509 g/mol. The summed E-state index contributed by atoms with van der Waals surface area (Å²) in [7, 11) is 0. The zero-order valence-electron chi connectivity index (χ0n) is 17.6. The minimum Gasteiger partial charge on any atom is -0.488 e. The Labute approximate surface area is 202 Å². The molecule has 0 unspecified atom stereocenters. The Morgan fingerprint density at radius 1 is 0.971 bits per heavy atom. The lowest BCUT2D eigenvalue weighted by Crippen LogP contribution is -2.18. The van der Waals surface area contributed by atoms with Crippen molar-refractivity contribution >= 4 is 38.8 Å². The van der Waals surface area contributed by atoms with E-state index in [2.05, 4.69) is 26.5 Å². The monoisotopic (exact) mass is 526 g/mol. The number of alkyl halides is 3. The predicted octanol–water partition coefficient (Wildman–Crippen LogP) is 6.96. The molecular formula is C26H18BrF3N2O2. The van der Waals surface area contributed by atoms with Crippen molar-refractivity contribution in [3.05, 3.63) is 112 Å². The van der Waals surface area contributed by atoms with E-state index in [4.69, 9.17) is 4.74 Å². The van der Waals surface area contributed by atoms with Gasteiger partial charge in [0.25, 0.3) is 5.91 Å². The topological polar surface area (TPSA) is 50.7 Å². The number of amides is 1. The molecule has 4 rings (SSSR count). The van der Waals surface area contributed by atoms with E-state index in [0.29, 0.717) is 17.9 Å². The van der Waals surface area contributed by atoms with Crippen molar-refractivity contribution in [3.8, 4) is 5.75 Å². The number of ether oxygens (including phenoxy) is 1. The van der Waals surface area contributed by atoms with Gasteiger partial charge in [-0.2, -0.15) is 18.3 Å². The lowest BCUT2D eigenvalue weighted by Gasteiger charge is -2.11. The van der Waals surface area contributed by atoms with Crippen LogP contribution in [0, 0.1) is 0 Å². The second kappa shape index (κ2) is 10.1. The Bertz CT molecular complexity index is 1360. The van der Waals surface area contributed by atoms with Gasteiger partial charge in [0.1, 0.15) is 12.4 Å². The van der Waals surface area contributed by atoms with Crippen LogP contribution in [-0.4, -0.2) is 12.1 Å². The maximum atomic E-state index is 12.9. The van der Waals surface area contributed by atoms with Crippen LogP contribution in [0.25, 0.3) is 10.8 Å². The first-order chi connectivity index (χ1) is 16.3. The summed E-state index contributed by atoms with van der Waals surface area (Å²) in [6, 6.07) is 23.5. The maximum absolute atomic E-state index is 12.9. The number of carbonyl (C=O) groups is 1. The fourth-order valence-electron chi connectivity index (χ4n) is 3.39. The van der Waals surface area contributed by atoms with Gasteiger partial charge in [0.05, 0.1) is 11.8 Å². The van der Waals surface area contributed by atoms with Crippen LogP contribution in [0.5, 0.6) is 5.75 Å². The highest BCUT2D eigenvalue weighted by molar-refractivity contribution is 9.10. The van der Waals surface area contributed by atoms with E-state index in [1.807, 2.05) is 48.5 Å². The maximum Gasteiger partial charge on any atom is 0.416 e. The first kappa shape index (κ1) is 23.5. The molecule has 0 aliphatic heterocycles. The minimum absolute atomic E-state index is 0.145. The molecule has 0 radical (unpaired) electrons. The highest BCUT2D eigenvalue weighted by Crippen LogP contribution is 2.29. The zero-order valence-corrected chi connectivity index (χ0v) is 19.2. The van der Waals surface area contributed by atoms with Crippen LogP contribution in [0.2, 0.25) is 0 Å². The smallest absolute Gasteiger partial charge is 0.416 e. The summed E-state index contributed by atoms with van der Waals surface area (Å²) in [5, 5.41) is 6.11. The number of nitrogens with one attached hydrogen (secondary N) is 1. The largest absolute Gasteiger partial charge is 0.488 e. The second-order valence-electron chi connectivity index (χ2n) is 7.39. The number of nitrogens with zero attached hydrogens (tertiary/aromatic N) is 1. The van der Waals surface area contributed by atoms with Crippen molar-refractivity contribution in [1.82, 2.24) is 5.43 Å². The third-order valence-corrected chi connectivity index (χ3v) is 5.55. The van der Waals surface area contributed by atoms with Gasteiger partial charge < -0.3 is 4.74 Å². The normalized spacial score (nSPS) is 11.6. The van der Waals surface area contributed by atoms with E-state index >= 15 is 0 Å². The van der Waals surface area contributed by atoms with Crippen LogP contribution in [-0.2, 0) is 12.8 Å². The van der Waals surface area contributed by atoms with Crippen molar-refractivity contribution in [3.63, 3.8) is 0 Å². The SMILES string of the molecule is O=C(N/N=C\c1cc(Br)ccc1OCc1cccc2ccccc12)c1cccc(C(F)(F)F)c1. The number of halogens is 4. The molecule has 4 aromatic rings. The first-order valence-electron chi connectivity index (χ1n) is 10.2. The summed E-state index contributed by atoms with van der Waals surface area (Å²) in [5.41, 5.74) is 2.81. The number of fused-ring (bicyclic) bond motifs is 1. The first-order valence-corrected chi connectivity index (χ1v) is 11.0. The quantitative estimate of drug-likeness (QED) is 0.218. The molecule has 8 heteroatoms. The third-order valence-electron chi connectivity index (χ3n) is 5.06. The van der Waals surface area contributed by atoms with Crippen molar-refractivity contribution in [2.75, 3.05) is 0 Å².